The zero-order chi connectivity index (χ0) is 12.1. The third kappa shape index (κ3) is 2.82. The van der Waals surface area contributed by atoms with Gasteiger partial charge < -0.3 is 15.4 Å². The molecule has 1 amide bonds. The van der Waals surface area contributed by atoms with Crippen molar-refractivity contribution in [2.45, 2.75) is 12.8 Å². The van der Waals surface area contributed by atoms with Gasteiger partial charge >= 0.3 is 0 Å². The first-order chi connectivity index (χ1) is 8.31. The lowest BCUT2D eigenvalue weighted by atomic mass is 10.2. The number of aliphatic hydroxyl groups is 1. The number of benzene rings is 1. The molecule has 0 atom stereocenters. The van der Waals surface area contributed by atoms with Gasteiger partial charge in [-0.1, -0.05) is 0 Å². The molecule has 5 heteroatoms. The van der Waals surface area contributed by atoms with Crippen molar-refractivity contribution in [1.82, 2.24) is 15.3 Å². The number of unbranched alkanes of at least 4 members (excludes halogenated alkanes) is 1. The van der Waals surface area contributed by atoms with Gasteiger partial charge in [0.1, 0.15) is 0 Å². The molecule has 0 unspecified atom stereocenters. The first-order valence-corrected chi connectivity index (χ1v) is 5.63. The number of hydrogen-bond donors (Lipinski definition) is 3. The number of H-pyrrole nitrogens is 1. The molecular formula is C12H15N3O2. The molecule has 0 aliphatic heterocycles. The van der Waals surface area contributed by atoms with Crippen molar-refractivity contribution in [1.29, 1.82) is 0 Å². The minimum absolute atomic E-state index is 0.0977. The molecule has 1 aromatic carbocycles. The largest absolute Gasteiger partial charge is 0.396 e. The number of carbonyl (C=O) groups excluding carboxylic acids is 1. The number of nitrogens with one attached hydrogen (secondary N) is 2. The lowest BCUT2D eigenvalue weighted by Crippen LogP contribution is -2.24. The van der Waals surface area contributed by atoms with Crippen molar-refractivity contribution in [3.05, 3.63) is 30.1 Å². The zero-order valence-corrected chi connectivity index (χ0v) is 9.44. The monoisotopic (exact) mass is 233 g/mol. The van der Waals surface area contributed by atoms with E-state index >= 15 is 0 Å². The summed E-state index contributed by atoms with van der Waals surface area (Å²) in [5.74, 6) is -0.0977. The van der Waals surface area contributed by atoms with E-state index in [9.17, 15) is 4.79 Å². The van der Waals surface area contributed by atoms with E-state index in [1.807, 2.05) is 6.07 Å². The summed E-state index contributed by atoms with van der Waals surface area (Å²) in [6, 6.07) is 5.35. The zero-order valence-electron chi connectivity index (χ0n) is 9.44. The lowest BCUT2D eigenvalue weighted by Gasteiger charge is -2.04. The van der Waals surface area contributed by atoms with E-state index in [2.05, 4.69) is 15.3 Å². The number of aliphatic hydroxyl groups excluding tert-OH is 1. The normalized spacial score (nSPS) is 10.6. The number of rotatable bonds is 5. The molecule has 2 rings (SSSR count). The third-order valence-electron chi connectivity index (χ3n) is 2.55. The van der Waals surface area contributed by atoms with Crippen molar-refractivity contribution in [3.63, 3.8) is 0 Å². The SMILES string of the molecule is O=C(NCCCCO)c1ccc2nc[nH]c2c1. The first-order valence-electron chi connectivity index (χ1n) is 5.63. The maximum Gasteiger partial charge on any atom is 0.251 e. The number of hydrogen-bond acceptors (Lipinski definition) is 3. The number of amides is 1. The molecule has 0 fully saturated rings. The van der Waals surface area contributed by atoms with Crippen molar-refractivity contribution in [2.24, 2.45) is 0 Å². The van der Waals surface area contributed by atoms with Gasteiger partial charge in [-0.3, -0.25) is 4.79 Å². The molecule has 0 aliphatic carbocycles. The first kappa shape index (κ1) is 11.6. The fourth-order valence-corrected chi connectivity index (χ4v) is 1.62. The molecule has 17 heavy (non-hydrogen) atoms. The highest BCUT2D eigenvalue weighted by Crippen LogP contribution is 2.11. The van der Waals surface area contributed by atoms with Crippen LogP contribution in [0.1, 0.15) is 23.2 Å². The summed E-state index contributed by atoms with van der Waals surface area (Å²) in [5.41, 5.74) is 2.32. The van der Waals surface area contributed by atoms with Gasteiger partial charge in [0.15, 0.2) is 0 Å². The fraction of sp³-hybridized carbons (Fsp3) is 0.333. The van der Waals surface area contributed by atoms with E-state index in [1.54, 1.807) is 18.5 Å². The molecule has 0 bridgehead atoms. The Hall–Kier alpha value is -1.88. The Morgan fingerprint density at radius 1 is 1.41 bits per heavy atom. The molecule has 1 heterocycles. The van der Waals surface area contributed by atoms with Crippen LogP contribution in [0.15, 0.2) is 24.5 Å². The summed E-state index contributed by atoms with van der Waals surface area (Å²) in [7, 11) is 0. The van der Waals surface area contributed by atoms with Crippen LogP contribution in [0.25, 0.3) is 11.0 Å². The van der Waals surface area contributed by atoms with Gasteiger partial charge in [-0.05, 0) is 31.0 Å². The van der Waals surface area contributed by atoms with Crippen LogP contribution in [0.3, 0.4) is 0 Å². The van der Waals surface area contributed by atoms with Crippen molar-refractivity contribution < 1.29 is 9.90 Å². The van der Waals surface area contributed by atoms with E-state index in [-0.39, 0.29) is 12.5 Å². The van der Waals surface area contributed by atoms with Crippen LogP contribution in [-0.4, -0.2) is 34.1 Å². The van der Waals surface area contributed by atoms with E-state index in [4.69, 9.17) is 5.11 Å². The average Bonchev–Trinajstić information content (AvgIpc) is 2.81. The minimum atomic E-state index is -0.0977. The second-order valence-electron chi connectivity index (χ2n) is 3.82. The molecule has 0 saturated heterocycles. The number of carbonyl (C=O) groups is 1. The third-order valence-corrected chi connectivity index (χ3v) is 2.55. The van der Waals surface area contributed by atoms with Gasteiger partial charge in [0.2, 0.25) is 0 Å². The van der Waals surface area contributed by atoms with Crippen molar-refractivity contribution in [2.75, 3.05) is 13.2 Å². The van der Waals surface area contributed by atoms with Gasteiger partial charge in [-0.15, -0.1) is 0 Å². The van der Waals surface area contributed by atoms with Crippen LogP contribution < -0.4 is 5.32 Å². The van der Waals surface area contributed by atoms with Crippen LogP contribution in [0.4, 0.5) is 0 Å². The molecule has 0 aliphatic rings. The molecule has 2 aromatic rings. The maximum atomic E-state index is 11.8. The Balaban J connectivity index is 1.98. The van der Waals surface area contributed by atoms with Crippen LogP contribution in [0.5, 0.6) is 0 Å². The Kier molecular flexibility index (Phi) is 3.72. The average molecular weight is 233 g/mol. The highest BCUT2D eigenvalue weighted by molar-refractivity contribution is 5.97. The maximum absolute atomic E-state index is 11.8. The number of fused-ring (bicyclic) bond motifs is 1. The van der Waals surface area contributed by atoms with Gasteiger partial charge in [0, 0.05) is 18.7 Å². The van der Waals surface area contributed by atoms with Crippen LogP contribution in [0, 0.1) is 0 Å². The van der Waals surface area contributed by atoms with E-state index in [0.29, 0.717) is 18.5 Å². The molecule has 90 valence electrons. The summed E-state index contributed by atoms with van der Waals surface area (Å²) < 4.78 is 0. The number of imidazole rings is 1. The molecule has 1 aromatic heterocycles. The fourth-order valence-electron chi connectivity index (χ4n) is 1.62. The predicted octanol–water partition coefficient (Wildman–Crippen LogP) is 1.07. The Morgan fingerprint density at radius 2 is 2.29 bits per heavy atom. The van der Waals surface area contributed by atoms with Crippen molar-refractivity contribution in [3.8, 4) is 0 Å². The highest BCUT2D eigenvalue weighted by Gasteiger charge is 2.06. The molecule has 0 spiro atoms. The summed E-state index contributed by atoms with van der Waals surface area (Å²) in [5, 5.41) is 11.4. The Bertz CT molecular complexity index is 507. The van der Waals surface area contributed by atoms with E-state index in [1.165, 1.54) is 0 Å². The lowest BCUT2D eigenvalue weighted by molar-refractivity contribution is 0.0952. The standard InChI is InChI=1S/C12H15N3O2/c16-6-2-1-5-13-12(17)9-3-4-10-11(7-9)15-8-14-10/h3-4,7-8,16H,1-2,5-6H2,(H,13,17)(H,14,15). The van der Waals surface area contributed by atoms with E-state index < -0.39 is 0 Å². The van der Waals surface area contributed by atoms with E-state index in [0.717, 1.165) is 17.5 Å². The van der Waals surface area contributed by atoms with Crippen LogP contribution in [-0.2, 0) is 0 Å². The topological polar surface area (TPSA) is 78.0 Å². The van der Waals surface area contributed by atoms with Crippen LogP contribution in [0.2, 0.25) is 0 Å². The second kappa shape index (κ2) is 5.45. The molecule has 5 nitrogen and oxygen atoms in total. The summed E-state index contributed by atoms with van der Waals surface area (Å²) in [6.07, 6.45) is 3.10. The van der Waals surface area contributed by atoms with Gasteiger partial charge in [-0.25, -0.2) is 4.98 Å². The molecule has 0 saturated carbocycles. The Morgan fingerprint density at radius 3 is 3.12 bits per heavy atom. The Labute approximate surface area is 98.9 Å². The second-order valence-corrected chi connectivity index (χ2v) is 3.82. The minimum Gasteiger partial charge on any atom is -0.396 e. The summed E-state index contributed by atoms with van der Waals surface area (Å²) in [6.45, 7) is 0.746. The quantitative estimate of drug-likeness (QED) is 0.676. The van der Waals surface area contributed by atoms with Crippen LogP contribution >= 0.6 is 0 Å². The summed E-state index contributed by atoms with van der Waals surface area (Å²) in [4.78, 5) is 18.8. The predicted molar refractivity (Wildman–Crippen MR) is 64.7 cm³/mol. The molecular weight excluding hydrogens is 218 g/mol. The van der Waals surface area contributed by atoms with Crippen molar-refractivity contribution >= 4 is 16.9 Å². The summed E-state index contributed by atoms with van der Waals surface area (Å²) >= 11 is 0. The van der Waals surface area contributed by atoms with Gasteiger partial charge in [0.05, 0.1) is 17.4 Å². The van der Waals surface area contributed by atoms with Gasteiger partial charge in [-0.2, -0.15) is 0 Å². The highest BCUT2D eigenvalue weighted by atomic mass is 16.2. The smallest absolute Gasteiger partial charge is 0.251 e. The molecule has 0 radical (unpaired) electrons. The molecule has 3 N–H and O–H groups in total. The number of nitrogens with zero attached hydrogens (tertiary/aromatic N) is 1. The number of aromatic amines is 1. The number of aromatic nitrogens is 2. The van der Waals surface area contributed by atoms with Gasteiger partial charge in [0.25, 0.3) is 5.91 Å².